The van der Waals surface area contributed by atoms with Gasteiger partial charge in [-0.3, -0.25) is 0 Å². The fourth-order valence-corrected chi connectivity index (χ4v) is 1.37. The minimum atomic E-state index is 0.757. The molecule has 2 N–H and O–H groups in total. The van der Waals surface area contributed by atoms with Crippen LogP contribution in [0, 0.1) is 0 Å². The third-order valence-electron chi connectivity index (χ3n) is 2.02. The Morgan fingerprint density at radius 3 is 2.50 bits per heavy atom. The van der Waals surface area contributed by atoms with Crippen molar-refractivity contribution in [2.45, 2.75) is 12.8 Å². The van der Waals surface area contributed by atoms with Gasteiger partial charge in [0.05, 0.1) is 0 Å². The minimum absolute atomic E-state index is 0.757. The van der Waals surface area contributed by atoms with Gasteiger partial charge in [0.15, 0.2) is 0 Å². The van der Waals surface area contributed by atoms with Crippen molar-refractivity contribution in [1.29, 1.82) is 0 Å². The van der Waals surface area contributed by atoms with Crippen LogP contribution in [-0.4, -0.2) is 43.2 Å². The Morgan fingerprint density at radius 2 is 2.00 bits per heavy atom. The lowest BCUT2D eigenvalue weighted by molar-refractivity contribution is 0.0279. The van der Waals surface area contributed by atoms with Crippen LogP contribution in [0.5, 0.6) is 0 Å². The standard InChI is InChI=1S/C7H17N3/c1-9(7-4-8)10-5-2-3-6-10/h2-8H2,1H3. The summed E-state index contributed by atoms with van der Waals surface area (Å²) in [6.45, 7) is 4.18. The number of hydrazine groups is 1. The molecule has 1 fully saturated rings. The number of nitrogens with two attached hydrogens (primary N) is 1. The Bertz CT molecular complexity index is 88.9. The molecule has 0 aromatic rings. The Kier molecular flexibility index (Phi) is 3.12. The summed E-state index contributed by atoms with van der Waals surface area (Å²) in [4.78, 5) is 0. The van der Waals surface area contributed by atoms with Crippen molar-refractivity contribution in [2.75, 3.05) is 33.2 Å². The topological polar surface area (TPSA) is 32.5 Å². The molecule has 0 aliphatic carbocycles. The number of rotatable bonds is 3. The summed E-state index contributed by atoms with van der Waals surface area (Å²) >= 11 is 0. The van der Waals surface area contributed by atoms with Gasteiger partial charge in [-0.25, -0.2) is 10.0 Å². The van der Waals surface area contributed by atoms with Gasteiger partial charge in [0.1, 0.15) is 0 Å². The minimum Gasteiger partial charge on any atom is -0.329 e. The molecular weight excluding hydrogens is 126 g/mol. The van der Waals surface area contributed by atoms with E-state index in [4.69, 9.17) is 5.73 Å². The van der Waals surface area contributed by atoms with Crippen LogP contribution in [0.2, 0.25) is 0 Å². The molecule has 1 aliphatic rings. The fraction of sp³-hybridized carbons (Fsp3) is 1.00. The van der Waals surface area contributed by atoms with Crippen molar-refractivity contribution in [1.82, 2.24) is 10.0 Å². The Morgan fingerprint density at radius 1 is 1.40 bits per heavy atom. The van der Waals surface area contributed by atoms with E-state index in [0.29, 0.717) is 0 Å². The summed E-state index contributed by atoms with van der Waals surface area (Å²) in [5.74, 6) is 0. The Hall–Kier alpha value is -0.120. The molecule has 3 heteroatoms. The van der Waals surface area contributed by atoms with Crippen molar-refractivity contribution < 1.29 is 0 Å². The largest absolute Gasteiger partial charge is 0.329 e. The normalized spacial score (nSPS) is 20.7. The lowest BCUT2D eigenvalue weighted by Crippen LogP contribution is -2.40. The molecule has 0 bridgehead atoms. The predicted octanol–water partition coefficient (Wildman–Crippen LogP) is -0.112. The maximum absolute atomic E-state index is 5.43. The van der Waals surface area contributed by atoms with Crippen molar-refractivity contribution in [3.05, 3.63) is 0 Å². The molecule has 60 valence electrons. The van der Waals surface area contributed by atoms with Crippen LogP contribution in [0.3, 0.4) is 0 Å². The quantitative estimate of drug-likeness (QED) is 0.598. The summed E-state index contributed by atoms with van der Waals surface area (Å²) in [5, 5.41) is 4.60. The van der Waals surface area contributed by atoms with Crippen LogP contribution in [0.4, 0.5) is 0 Å². The summed E-state index contributed by atoms with van der Waals surface area (Å²) in [5.41, 5.74) is 5.43. The molecule has 1 aliphatic heterocycles. The smallest absolute Gasteiger partial charge is 0.0253 e. The molecule has 1 saturated heterocycles. The highest BCUT2D eigenvalue weighted by atomic mass is 15.6. The van der Waals surface area contributed by atoms with Crippen LogP contribution in [0.25, 0.3) is 0 Å². The zero-order valence-electron chi connectivity index (χ0n) is 6.71. The van der Waals surface area contributed by atoms with E-state index in [9.17, 15) is 0 Å². The van der Waals surface area contributed by atoms with E-state index in [-0.39, 0.29) is 0 Å². The second kappa shape index (κ2) is 3.91. The predicted molar refractivity (Wildman–Crippen MR) is 42.5 cm³/mol. The van der Waals surface area contributed by atoms with Gasteiger partial charge in [0.2, 0.25) is 0 Å². The number of hydrogen-bond acceptors (Lipinski definition) is 3. The zero-order valence-corrected chi connectivity index (χ0v) is 6.71. The third-order valence-corrected chi connectivity index (χ3v) is 2.02. The molecular formula is C7H17N3. The Balaban J connectivity index is 2.18. The molecule has 1 heterocycles. The van der Waals surface area contributed by atoms with Crippen LogP contribution in [0.15, 0.2) is 0 Å². The first-order valence-corrected chi connectivity index (χ1v) is 4.00. The molecule has 0 atom stereocenters. The second-order valence-corrected chi connectivity index (χ2v) is 2.83. The summed E-state index contributed by atoms with van der Waals surface area (Å²) in [6, 6.07) is 0. The van der Waals surface area contributed by atoms with Crippen molar-refractivity contribution in [3.63, 3.8) is 0 Å². The van der Waals surface area contributed by atoms with Crippen LogP contribution in [-0.2, 0) is 0 Å². The van der Waals surface area contributed by atoms with Crippen molar-refractivity contribution >= 4 is 0 Å². The van der Waals surface area contributed by atoms with E-state index in [1.54, 1.807) is 0 Å². The monoisotopic (exact) mass is 143 g/mol. The first-order valence-electron chi connectivity index (χ1n) is 4.00. The first kappa shape index (κ1) is 7.98. The number of likely N-dealkylation sites (N-methyl/N-ethyl adjacent to an activating group) is 1. The van der Waals surface area contributed by atoms with Gasteiger partial charge in [0, 0.05) is 33.2 Å². The molecule has 3 nitrogen and oxygen atoms in total. The van der Waals surface area contributed by atoms with Crippen LogP contribution in [0.1, 0.15) is 12.8 Å². The van der Waals surface area contributed by atoms with E-state index in [2.05, 4.69) is 17.1 Å². The molecule has 10 heavy (non-hydrogen) atoms. The number of hydrogen-bond donors (Lipinski definition) is 1. The lowest BCUT2D eigenvalue weighted by atomic mass is 10.4. The van der Waals surface area contributed by atoms with Crippen molar-refractivity contribution in [3.8, 4) is 0 Å². The van der Waals surface area contributed by atoms with Gasteiger partial charge in [-0.05, 0) is 12.8 Å². The molecule has 0 unspecified atom stereocenters. The van der Waals surface area contributed by atoms with Gasteiger partial charge in [-0.1, -0.05) is 0 Å². The van der Waals surface area contributed by atoms with Crippen LogP contribution < -0.4 is 5.73 Å². The summed E-state index contributed by atoms with van der Waals surface area (Å²) in [6.07, 6.45) is 2.68. The highest BCUT2D eigenvalue weighted by molar-refractivity contribution is 4.62. The molecule has 0 saturated carbocycles. The molecule has 0 amide bonds. The lowest BCUT2D eigenvalue weighted by Gasteiger charge is -2.26. The van der Waals surface area contributed by atoms with E-state index in [1.807, 2.05) is 0 Å². The maximum atomic E-state index is 5.43. The average Bonchev–Trinajstić information content (AvgIpc) is 2.38. The highest BCUT2D eigenvalue weighted by Gasteiger charge is 2.14. The van der Waals surface area contributed by atoms with Gasteiger partial charge in [-0.15, -0.1) is 0 Å². The fourth-order valence-electron chi connectivity index (χ4n) is 1.37. The summed E-state index contributed by atoms with van der Waals surface area (Å²) in [7, 11) is 2.11. The van der Waals surface area contributed by atoms with E-state index in [0.717, 1.165) is 13.1 Å². The maximum Gasteiger partial charge on any atom is 0.0253 e. The molecule has 0 spiro atoms. The SMILES string of the molecule is CN(CCN)N1CCCC1. The zero-order chi connectivity index (χ0) is 7.40. The van der Waals surface area contributed by atoms with E-state index in [1.165, 1.54) is 25.9 Å². The van der Waals surface area contributed by atoms with Gasteiger partial charge in [-0.2, -0.15) is 0 Å². The molecule has 0 aromatic carbocycles. The molecule has 0 radical (unpaired) electrons. The second-order valence-electron chi connectivity index (χ2n) is 2.83. The first-order chi connectivity index (χ1) is 4.84. The molecule has 0 aromatic heterocycles. The summed E-state index contributed by atoms with van der Waals surface area (Å²) < 4.78 is 0. The van der Waals surface area contributed by atoms with Crippen LogP contribution >= 0.6 is 0 Å². The Labute approximate surface area is 62.8 Å². The van der Waals surface area contributed by atoms with E-state index >= 15 is 0 Å². The van der Waals surface area contributed by atoms with Gasteiger partial charge >= 0.3 is 0 Å². The number of nitrogens with zero attached hydrogens (tertiary/aromatic N) is 2. The van der Waals surface area contributed by atoms with Gasteiger partial charge in [0.25, 0.3) is 0 Å². The van der Waals surface area contributed by atoms with Crippen molar-refractivity contribution in [2.24, 2.45) is 5.73 Å². The third kappa shape index (κ3) is 1.94. The van der Waals surface area contributed by atoms with E-state index < -0.39 is 0 Å². The van der Waals surface area contributed by atoms with Gasteiger partial charge < -0.3 is 5.73 Å². The molecule has 1 rings (SSSR count). The highest BCUT2D eigenvalue weighted by Crippen LogP contribution is 2.08. The average molecular weight is 143 g/mol.